The number of para-hydroxylation sites is 1. The molecular weight excluding hydrogens is 534 g/mol. The van der Waals surface area contributed by atoms with Crippen LogP contribution in [0.3, 0.4) is 0 Å². The number of nitrogens with zero attached hydrogens (tertiary/aromatic N) is 1. The Kier molecular flexibility index (Phi) is 10.6. The fourth-order valence-electron chi connectivity index (χ4n) is 4.36. The Morgan fingerprint density at radius 2 is 1.56 bits per heavy atom. The minimum atomic E-state index is -1.53. The highest BCUT2D eigenvalue weighted by Gasteiger charge is 2.32. The first-order valence-corrected chi connectivity index (χ1v) is 13.1. The highest BCUT2D eigenvalue weighted by Crippen LogP contribution is 2.19. The van der Waals surface area contributed by atoms with Crippen LogP contribution in [0.1, 0.15) is 37.9 Å². The van der Waals surface area contributed by atoms with E-state index >= 15 is 0 Å². The van der Waals surface area contributed by atoms with Gasteiger partial charge in [0, 0.05) is 41.8 Å². The van der Waals surface area contributed by atoms with Gasteiger partial charge in [-0.05, 0) is 24.0 Å². The smallest absolute Gasteiger partial charge is 0.326 e. The lowest BCUT2D eigenvalue weighted by Gasteiger charge is -2.25. The Morgan fingerprint density at radius 3 is 2.20 bits per heavy atom. The molecule has 0 aliphatic rings. The Balaban J connectivity index is 1.71. The lowest BCUT2D eigenvalue weighted by Crippen LogP contribution is -2.58. The number of H-pyrrole nitrogens is 2. The van der Waals surface area contributed by atoms with Crippen molar-refractivity contribution in [2.24, 2.45) is 11.7 Å². The van der Waals surface area contributed by atoms with Crippen molar-refractivity contribution in [3.8, 4) is 0 Å². The van der Waals surface area contributed by atoms with Crippen molar-refractivity contribution in [1.29, 1.82) is 0 Å². The van der Waals surface area contributed by atoms with Crippen LogP contribution in [0.25, 0.3) is 10.9 Å². The maximum absolute atomic E-state index is 13.2. The summed E-state index contributed by atoms with van der Waals surface area (Å²) in [5, 5.41) is 27.3. The van der Waals surface area contributed by atoms with Gasteiger partial charge in [-0.3, -0.25) is 19.2 Å². The van der Waals surface area contributed by atoms with Crippen molar-refractivity contribution in [2.45, 2.75) is 63.7 Å². The summed E-state index contributed by atoms with van der Waals surface area (Å²) in [6, 6.07) is 2.21. The number of aromatic amines is 2. The van der Waals surface area contributed by atoms with Gasteiger partial charge in [0.25, 0.3) is 0 Å². The molecule has 0 saturated carbocycles. The molecule has 0 aliphatic carbocycles. The van der Waals surface area contributed by atoms with Gasteiger partial charge in [0.2, 0.25) is 17.7 Å². The molecule has 1 aromatic carbocycles. The molecule has 2 heterocycles. The average molecular weight is 570 g/mol. The summed E-state index contributed by atoms with van der Waals surface area (Å²) < 4.78 is 0. The fraction of sp³-hybridized carbons (Fsp3) is 0.407. The van der Waals surface area contributed by atoms with E-state index in [-0.39, 0.29) is 25.2 Å². The number of carboxylic acid groups (broad SMARTS) is 2. The van der Waals surface area contributed by atoms with E-state index in [1.54, 1.807) is 20.0 Å². The fourth-order valence-corrected chi connectivity index (χ4v) is 4.36. The lowest BCUT2D eigenvalue weighted by molar-refractivity contribution is -0.143. The van der Waals surface area contributed by atoms with Crippen molar-refractivity contribution in [3.05, 3.63) is 54.2 Å². The largest absolute Gasteiger partial charge is 0.481 e. The summed E-state index contributed by atoms with van der Waals surface area (Å²) >= 11 is 0. The second-order valence-electron chi connectivity index (χ2n) is 10.2. The minimum absolute atomic E-state index is 0.0145. The number of amides is 3. The number of aromatic nitrogens is 3. The van der Waals surface area contributed by atoms with E-state index in [1.165, 1.54) is 12.5 Å². The lowest BCUT2D eigenvalue weighted by atomic mass is 10.0. The maximum Gasteiger partial charge on any atom is 0.326 e. The summed E-state index contributed by atoms with van der Waals surface area (Å²) in [6.45, 7) is 3.61. The molecule has 4 atom stereocenters. The second-order valence-corrected chi connectivity index (χ2v) is 10.2. The first-order chi connectivity index (χ1) is 19.4. The quantitative estimate of drug-likeness (QED) is 0.123. The van der Waals surface area contributed by atoms with E-state index in [1.807, 2.05) is 24.3 Å². The Labute approximate surface area is 235 Å². The van der Waals surface area contributed by atoms with Crippen LogP contribution in [0, 0.1) is 5.92 Å². The predicted octanol–water partition coefficient (Wildman–Crippen LogP) is 0.0633. The molecule has 3 aromatic rings. The van der Waals surface area contributed by atoms with E-state index < -0.39 is 60.2 Å². The first-order valence-electron chi connectivity index (χ1n) is 13.1. The van der Waals surface area contributed by atoms with Crippen LogP contribution >= 0.6 is 0 Å². The van der Waals surface area contributed by atoms with Gasteiger partial charge in [0.1, 0.15) is 18.1 Å². The molecule has 2 aromatic heterocycles. The van der Waals surface area contributed by atoms with Crippen LogP contribution in [-0.2, 0) is 36.8 Å². The molecule has 0 fully saturated rings. The molecule has 3 rings (SSSR count). The number of benzene rings is 1. The number of hydrogen-bond donors (Lipinski definition) is 8. The number of rotatable bonds is 15. The number of hydrogen-bond acceptors (Lipinski definition) is 7. The highest BCUT2D eigenvalue weighted by atomic mass is 16.4. The zero-order valence-corrected chi connectivity index (χ0v) is 22.7. The second kappa shape index (κ2) is 14.1. The van der Waals surface area contributed by atoms with Gasteiger partial charge in [0.05, 0.1) is 18.8 Å². The molecule has 0 spiro atoms. The zero-order valence-electron chi connectivity index (χ0n) is 22.7. The first kappa shape index (κ1) is 30.8. The average Bonchev–Trinajstić information content (AvgIpc) is 3.56. The number of carbonyl (C=O) groups excluding carboxylic acids is 3. The number of imidazole rings is 1. The van der Waals surface area contributed by atoms with Crippen LogP contribution < -0.4 is 21.7 Å². The molecule has 0 bridgehead atoms. The molecule has 9 N–H and O–H groups in total. The number of fused-ring (bicyclic) bond motifs is 1. The van der Waals surface area contributed by atoms with Crippen LogP contribution in [-0.4, -0.2) is 79.0 Å². The van der Waals surface area contributed by atoms with Crippen LogP contribution in [0.15, 0.2) is 43.0 Å². The van der Waals surface area contributed by atoms with Crippen LogP contribution in [0.4, 0.5) is 0 Å². The van der Waals surface area contributed by atoms with Crippen LogP contribution in [0.5, 0.6) is 0 Å². The molecule has 14 nitrogen and oxygen atoms in total. The van der Waals surface area contributed by atoms with E-state index in [2.05, 4.69) is 30.9 Å². The van der Waals surface area contributed by atoms with Gasteiger partial charge >= 0.3 is 11.9 Å². The summed E-state index contributed by atoms with van der Waals surface area (Å²) in [5.74, 6) is -5.16. The summed E-state index contributed by atoms with van der Waals surface area (Å²) in [4.78, 5) is 72.2. The van der Waals surface area contributed by atoms with Gasteiger partial charge in [0.15, 0.2) is 0 Å². The molecule has 220 valence electrons. The third-order valence-corrected chi connectivity index (χ3v) is 6.40. The summed E-state index contributed by atoms with van der Waals surface area (Å²) in [6.07, 6.45) is 3.99. The highest BCUT2D eigenvalue weighted by molar-refractivity contribution is 5.96. The van der Waals surface area contributed by atoms with E-state index in [0.717, 1.165) is 10.9 Å². The number of carboxylic acids is 2. The Morgan fingerprint density at radius 1 is 0.902 bits per heavy atom. The molecular formula is C27H35N7O7. The topological polar surface area (TPSA) is 232 Å². The SMILES string of the molecule is CC(C)CC(NC(=O)C(CC(=O)O)NC(=O)C(N)Cc1cnc[nH]1)C(=O)NC(Cc1c[nH]c2ccccc12)C(=O)O. The van der Waals surface area contributed by atoms with Crippen LogP contribution in [0.2, 0.25) is 0 Å². The van der Waals surface area contributed by atoms with Crippen molar-refractivity contribution in [3.63, 3.8) is 0 Å². The Bertz CT molecular complexity index is 1370. The van der Waals surface area contributed by atoms with Gasteiger partial charge in [-0.1, -0.05) is 32.0 Å². The van der Waals surface area contributed by atoms with E-state index in [9.17, 15) is 34.2 Å². The standard InChI is InChI=1S/C27H35N7O7/c1-14(2)7-20(25(38)34-22(27(40)41)8-15-11-30-19-6-4-3-5-17(15)19)33-26(39)21(10-23(35)36)32-24(37)18(28)9-16-12-29-13-31-16/h3-6,11-14,18,20-22,30H,7-10,28H2,1-2H3,(H,29,31)(H,32,37)(H,33,39)(H,34,38)(H,35,36)(H,40,41). The van der Waals surface area contributed by atoms with Crippen molar-refractivity contribution < 1.29 is 34.2 Å². The van der Waals surface area contributed by atoms with E-state index in [0.29, 0.717) is 11.3 Å². The maximum atomic E-state index is 13.2. The van der Waals surface area contributed by atoms with Gasteiger partial charge in [-0.15, -0.1) is 0 Å². The Hall–Kier alpha value is -4.72. The molecule has 0 aliphatic heterocycles. The minimum Gasteiger partial charge on any atom is -0.481 e. The molecule has 0 saturated heterocycles. The van der Waals surface area contributed by atoms with Crippen molar-refractivity contribution in [1.82, 2.24) is 30.9 Å². The molecule has 41 heavy (non-hydrogen) atoms. The number of nitrogens with two attached hydrogens (primary N) is 1. The summed E-state index contributed by atoms with van der Waals surface area (Å²) in [5.41, 5.74) is 7.99. The van der Waals surface area contributed by atoms with Gasteiger partial charge < -0.3 is 41.9 Å². The van der Waals surface area contributed by atoms with Gasteiger partial charge in [-0.2, -0.15) is 0 Å². The van der Waals surface area contributed by atoms with Gasteiger partial charge in [-0.25, -0.2) is 9.78 Å². The monoisotopic (exact) mass is 569 g/mol. The van der Waals surface area contributed by atoms with Crippen molar-refractivity contribution >= 4 is 40.6 Å². The summed E-state index contributed by atoms with van der Waals surface area (Å²) in [7, 11) is 0. The molecule has 3 amide bonds. The molecule has 0 radical (unpaired) electrons. The predicted molar refractivity (Wildman–Crippen MR) is 147 cm³/mol. The number of carbonyl (C=O) groups is 5. The number of aliphatic carboxylic acids is 2. The van der Waals surface area contributed by atoms with Crippen molar-refractivity contribution in [2.75, 3.05) is 0 Å². The zero-order chi connectivity index (χ0) is 30.1. The number of nitrogens with one attached hydrogen (secondary N) is 5. The molecule has 4 unspecified atom stereocenters. The normalized spacial score (nSPS) is 14.1. The van der Waals surface area contributed by atoms with E-state index in [4.69, 9.17) is 5.73 Å². The third kappa shape index (κ3) is 8.89. The molecule has 14 heteroatoms. The third-order valence-electron chi connectivity index (χ3n) is 6.40.